The number of hydrogen-bond acceptors (Lipinski definition) is 7. The first-order valence-corrected chi connectivity index (χ1v) is 11.3. The molecule has 0 atom stereocenters. The van der Waals surface area contributed by atoms with E-state index in [4.69, 9.17) is 0 Å². The summed E-state index contributed by atoms with van der Waals surface area (Å²) >= 11 is 0. The van der Waals surface area contributed by atoms with Gasteiger partial charge in [-0.25, -0.2) is 9.97 Å². The van der Waals surface area contributed by atoms with Crippen molar-refractivity contribution < 1.29 is 4.79 Å². The third kappa shape index (κ3) is 3.83. The largest absolute Gasteiger partial charge is 0.355 e. The quantitative estimate of drug-likeness (QED) is 0.435. The van der Waals surface area contributed by atoms with Crippen LogP contribution in [0.5, 0.6) is 0 Å². The van der Waals surface area contributed by atoms with Crippen molar-refractivity contribution in [3.8, 4) is 5.82 Å². The summed E-state index contributed by atoms with van der Waals surface area (Å²) in [4.78, 5) is 23.9. The van der Waals surface area contributed by atoms with Crippen LogP contribution in [0.4, 0.5) is 5.82 Å². The van der Waals surface area contributed by atoms with Gasteiger partial charge in [0.15, 0.2) is 5.65 Å². The molecule has 1 saturated heterocycles. The Morgan fingerprint density at radius 1 is 0.971 bits per heavy atom. The fourth-order valence-electron chi connectivity index (χ4n) is 4.40. The van der Waals surface area contributed by atoms with Gasteiger partial charge in [0.2, 0.25) is 5.91 Å². The molecule has 0 aliphatic carbocycles. The normalized spacial score (nSPS) is 14.6. The monoisotopic (exact) mass is 453 g/mol. The van der Waals surface area contributed by atoms with Crippen LogP contribution in [0.25, 0.3) is 22.5 Å². The third-order valence-electron chi connectivity index (χ3n) is 6.31. The molecule has 1 fully saturated rings. The zero-order valence-electron chi connectivity index (χ0n) is 18.4. The fraction of sp³-hybridized carbons (Fsp3) is 0.250. The van der Waals surface area contributed by atoms with Crippen molar-refractivity contribution in [2.45, 2.75) is 19.4 Å². The van der Waals surface area contributed by atoms with Crippen LogP contribution in [0, 0.1) is 5.92 Å². The number of imidazole rings is 1. The minimum atomic E-state index is -0.000520. The van der Waals surface area contributed by atoms with Gasteiger partial charge in [0.1, 0.15) is 24.3 Å². The van der Waals surface area contributed by atoms with Crippen LogP contribution < -0.4 is 10.2 Å². The Balaban J connectivity index is 1.04. The molecule has 0 spiro atoms. The van der Waals surface area contributed by atoms with Crippen LogP contribution in [-0.4, -0.2) is 53.3 Å². The number of nitrogens with zero attached hydrogens (tertiary/aromatic N) is 8. The van der Waals surface area contributed by atoms with E-state index in [-0.39, 0.29) is 11.8 Å². The minimum absolute atomic E-state index is 0.000520. The van der Waals surface area contributed by atoms with E-state index in [1.165, 1.54) is 0 Å². The second kappa shape index (κ2) is 8.54. The maximum atomic E-state index is 12.8. The highest BCUT2D eigenvalue weighted by molar-refractivity contribution is 5.79. The maximum absolute atomic E-state index is 12.8. The molecule has 0 bridgehead atoms. The van der Waals surface area contributed by atoms with Crippen LogP contribution in [0.2, 0.25) is 0 Å². The number of pyridine rings is 1. The summed E-state index contributed by atoms with van der Waals surface area (Å²) < 4.78 is 3.63. The van der Waals surface area contributed by atoms with Crippen molar-refractivity contribution in [3.05, 3.63) is 72.9 Å². The van der Waals surface area contributed by atoms with E-state index in [1.54, 1.807) is 23.4 Å². The number of nitrogens with one attached hydrogen (secondary N) is 1. The Morgan fingerprint density at radius 3 is 2.68 bits per heavy atom. The fourth-order valence-corrected chi connectivity index (χ4v) is 4.40. The predicted molar refractivity (Wildman–Crippen MR) is 126 cm³/mol. The Bertz CT molecular complexity index is 1450. The van der Waals surface area contributed by atoms with Gasteiger partial charge in [0.05, 0.1) is 11.0 Å². The number of hydrogen-bond donors (Lipinski definition) is 1. The van der Waals surface area contributed by atoms with Gasteiger partial charge in [-0.1, -0.05) is 18.2 Å². The number of anilines is 1. The standard InChI is InChI=1S/C24H23N9O/c34-24(18-9-11-31(12-10-18)23-8-7-22-29-28-16-33(22)30-23)26-14-17-5-6-21(25-13-17)32-15-27-19-3-1-2-4-20(19)32/h1-8,13,15-16,18H,9-12,14H2,(H,26,34). The number of carbonyl (C=O) groups excluding carboxylic acids is 1. The second-order valence-electron chi connectivity index (χ2n) is 8.43. The van der Waals surface area contributed by atoms with E-state index in [1.807, 2.05) is 53.1 Å². The number of rotatable bonds is 5. The zero-order chi connectivity index (χ0) is 22.9. The number of fused-ring (bicyclic) bond motifs is 2. The summed E-state index contributed by atoms with van der Waals surface area (Å²) in [5, 5.41) is 15.5. The van der Waals surface area contributed by atoms with Crippen molar-refractivity contribution in [3.63, 3.8) is 0 Å². The third-order valence-corrected chi connectivity index (χ3v) is 6.31. The lowest BCUT2D eigenvalue weighted by atomic mass is 9.96. The van der Waals surface area contributed by atoms with Gasteiger partial charge < -0.3 is 10.2 Å². The summed E-state index contributed by atoms with van der Waals surface area (Å²) in [6.07, 6.45) is 6.76. The van der Waals surface area contributed by atoms with Crippen molar-refractivity contribution >= 4 is 28.4 Å². The molecule has 5 aromatic rings. The van der Waals surface area contributed by atoms with Crippen LogP contribution in [0.15, 0.2) is 67.4 Å². The number of piperidine rings is 1. The molecule has 0 unspecified atom stereocenters. The molecule has 10 nitrogen and oxygen atoms in total. The lowest BCUT2D eigenvalue weighted by molar-refractivity contribution is -0.125. The molecule has 0 radical (unpaired) electrons. The van der Waals surface area contributed by atoms with Gasteiger partial charge in [-0.3, -0.25) is 9.36 Å². The van der Waals surface area contributed by atoms with Gasteiger partial charge in [-0.15, -0.1) is 15.3 Å². The summed E-state index contributed by atoms with van der Waals surface area (Å²) in [5.74, 6) is 1.77. The Morgan fingerprint density at radius 2 is 1.82 bits per heavy atom. The van der Waals surface area contributed by atoms with Crippen molar-refractivity contribution in [1.29, 1.82) is 0 Å². The molecule has 10 heteroatoms. The Hall–Kier alpha value is -4.34. The molecular weight excluding hydrogens is 430 g/mol. The molecule has 1 aliphatic heterocycles. The van der Waals surface area contributed by atoms with E-state index < -0.39 is 0 Å². The van der Waals surface area contributed by atoms with Crippen molar-refractivity contribution in [1.82, 2.24) is 39.7 Å². The number of para-hydroxylation sites is 2. The molecule has 1 aromatic carbocycles. The molecular formula is C24H23N9O. The van der Waals surface area contributed by atoms with E-state index >= 15 is 0 Å². The van der Waals surface area contributed by atoms with Crippen LogP contribution >= 0.6 is 0 Å². The predicted octanol–water partition coefficient (Wildman–Crippen LogP) is 2.39. The molecule has 0 saturated carbocycles. The second-order valence-corrected chi connectivity index (χ2v) is 8.43. The Kier molecular flexibility index (Phi) is 5.10. The first-order valence-electron chi connectivity index (χ1n) is 11.3. The van der Waals surface area contributed by atoms with Crippen LogP contribution in [-0.2, 0) is 11.3 Å². The lowest BCUT2D eigenvalue weighted by Crippen LogP contribution is -2.40. The molecule has 1 amide bonds. The summed E-state index contributed by atoms with van der Waals surface area (Å²) in [6.45, 7) is 2.03. The number of aromatic nitrogens is 7. The number of benzene rings is 1. The van der Waals surface area contributed by atoms with E-state index in [2.05, 4.69) is 35.5 Å². The van der Waals surface area contributed by atoms with Crippen LogP contribution in [0.1, 0.15) is 18.4 Å². The number of carbonyl (C=O) groups is 1. The summed E-state index contributed by atoms with van der Waals surface area (Å²) in [5.41, 5.74) is 3.63. The van der Waals surface area contributed by atoms with E-state index in [0.29, 0.717) is 6.54 Å². The van der Waals surface area contributed by atoms with Crippen LogP contribution in [0.3, 0.4) is 0 Å². The summed E-state index contributed by atoms with van der Waals surface area (Å²) in [7, 11) is 0. The molecule has 4 aromatic heterocycles. The maximum Gasteiger partial charge on any atom is 0.223 e. The van der Waals surface area contributed by atoms with Gasteiger partial charge in [-0.05, 0) is 48.7 Å². The highest BCUT2D eigenvalue weighted by Gasteiger charge is 2.25. The average molecular weight is 454 g/mol. The SMILES string of the molecule is O=C(NCc1ccc(-n2cnc3ccccc32)nc1)C1CCN(c2ccc3nncn3n2)CC1. The van der Waals surface area contributed by atoms with Gasteiger partial charge in [0.25, 0.3) is 0 Å². The molecule has 5 heterocycles. The van der Waals surface area contributed by atoms with Crippen molar-refractivity contribution in [2.75, 3.05) is 18.0 Å². The van der Waals surface area contributed by atoms with Gasteiger partial charge in [-0.2, -0.15) is 4.52 Å². The minimum Gasteiger partial charge on any atom is -0.355 e. The van der Waals surface area contributed by atoms with Gasteiger partial charge in [0, 0.05) is 31.7 Å². The first-order chi connectivity index (χ1) is 16.7. The first kappa shape index (κ1) is 20.3. The van der Waals surface area contributed by atoms with E-state index in [9.17, 15) is 4.79 Å². The molecule has 34 heavy (non-hydrogen) atoms. The van der Waals surface area contributed by atoms with E-state index in [0.717, 1.165) is 59.8 Å². The summed E-state index contributed by atoms with van der Waals surface area (Å²) in [6, 6.07) is 15.8. The highest BCUT2D eigenvalue weighted by Crippen LogP contribution is 2.22. The molecule has 6 rings (SSSR count). The lowest BCUT2D eigenvalue weighted by Gasteiger charge is -2.32. The smallest absolute Gasteiger partial charge is 0.223 e. The molecule has 170 valence electrons. The van der Waals surface area contributed by atoms with Gasteiger partial charge >= 0.3 is 0 Å². The number of amides is 1. The topological polar surface area (TPSA) is 106 Å². The highest BCUT2D eigenvalue weighted by atomic mass is 16.1. The average Bonchev–Trinajstić information content (AvgIpc) is 3.54. The molecule has 1 N–H and O–H groups in total. The Labute approximate surface area is 195 Å². The van der Waals surface area contributed by atoms with Crippen molar-refractivity contribution in [2.24, 2.45) is 5.92 Å². The zero-order valence-corrected chi connectivity index (χ0v) is 18.4. The molecule has 1 aliphatic rings.